The highest BCUT2D eigenvalue weighted by molar-refractivity contribution is 7.10. The summed E-state index contributed by atoms with van der Waals surface area (Å²) in [6, 6.07) is 10.5. The highest BCUT2D eigenvalue weighted by Crippen LogP contribution is 2.33. The molecule has 4 heterocycles. The molecule has 6 nitrogen and oxygen atoms in total. The third kappa shape index (κ3) is 3.73. The number of aryl methyl sites for hydroxylation is 1. The van der Waals surface area contributed by atoms with Gasteiger partial charge in [0.05, 0.1) is 5.69 Å². The van der Waals surface area contributed by atoms with Crippen molar-refractivity contribution in [2.75, 3.05) is 25.0 Å². The van der Waals surface area contributed by atoms with Crippen LogP contribution in [0.15, 0.2) is 48.7 Å². The predicted octanol–water partition coefficient (Wildman–Crippen LogP) is 4.70. The Balaban J connectivity index is 1.55. The number of fused-ring (bicyclic) bond motifs is 1. The molecule has 31 heavy (non-hydrogen) atoms. The van der Waals surface area contributed by atoms with Crippen molar-refractivity contribution in [2.24, 2.45) is 0 Å². The van der Waals surface area contributed by atoms with Crippen LogP contribution >= 0.6 is 11.5 Å². The monoisotopic (exact) mass is 434 g/mol. The summed E-state index contributed by atoms with van der Waals surface area (Å²) >= 11 is 1.33. The second-order valence-corrected chi connectivity index (χ2v) is 8.26. The van der Waals surface area contributed by atoms with Gasteiger partial charge in [-0.2, -0.15) is 9.36 Å². The molecule has 0 saturated heterocycles. The summed E-state index contributed by atoms with van der Waals surface area (Å²) in [5, 5.41) is 4.13. The summed E-state index contributed by atoms with van der Waals surface area (Å²) in [5.41, 5.74) is 5.30. The fourth-order valence-electron chi connectivity index (χ4n) is 3.91. The summed E-state index contributed by atoms with van der Waals surface area (Å²) < 4.78 is 19.9. The summed E-state index contributed by atoms with van der Waals surface area (Å²) in [6.45, 7) is 4.01. The standard InChI is InChI=1S/C23H23FN6S/c1-3-19-22(29(2)23-27-21(28-31-23)16-4-7-18(24)8-5-16)30-14-17(6-9-20(30)26-19)15-10-12-25-13-11-15/h4-10,14,25H,3,11-13H2,1-2H3. The van der Waals surface area contributed by atoms with Gasteiger partial charge < -0.3 is 10.2 Å². The van der Waals surface area contributed by atoms with Crippen LogP contribution in [-0.4, -0.2) is 38.9 Å². The van der Waals surface area contributed by atoms with Crippen LogP contribution in [0.5, 0.6) is 0 Å². The number of anilines is 2. The minimum Gasteiger partial charge on any atom is -0.313 e. The zero-order chi connectivity index (χ0) is 21.4. The minimum atomic E-state index is -0.269. The number of pyridine rings is 1. The Labute approximate surface area is 184 Å². The van der Waals surface area contributed by atoms with Crippen molar-refractivity contribution >= 4 is 33.7 Å². The van der Waals surface area contributed by atoms with Crippen LogP contribution in [-0.2, 0) is 6.42 Å². The number of hydrogen-bond acceptors (Lipinski definition) is 6. The molecule has 1 aromatic carbocycles. The Hall–Kier alpha value is -3.10. The molecule has 1 aliphatic heterocycles. The maximum atomic E-state index is 13.3. The normalized spacial score (nSPS) is 14.1. The third-order valence-corrected chi connectivity index (χ3v) is 6.35. The van der Waals surface area contributed by atoms with Gasteiger partial charge in [0, 0.05) is 36.9 Å². The van der Waals surface area contributed by atoms with E-state index in [1.807, 2.05) is 11.9 Å². The number of aromatic nitrogens is 4. The van der Waals surface area contributed by atoms with Crippen molar-refractivity contribution < 1.29 is 4.39 Å². The lowest BCUT2D eigenvalue weighted by atomic mass is 10.0. The quantitative estimate of drug-likeness (QED) is 0.493. The smallest absolute Gasteiger partial charge is 0.210 e. The molecule has 8 heteroatoms. The molecule has 0 fully saturated rings. The summed E-state index contributed by atoms with van der Waals surface area (Å²) in [4.78, 5) is 11.6. The Morgan fingerprint density at radius 1 is 1.13 bits per heavy atom. The van der Waals surface area contributed by atoms with Crippen LogP contribution in [0.25, 0.3) is 22.6 Å². The van der Waals surface area contributed by atoms with Crippen LogP contribution in [0.2, 0.25) is 0 Å². The fourth-order valence-corrected chi connectivity index (χ4v) is 4.56. The van der Waals surface area contributed by atoms with E-state index in [1.54, 1.807) is 12.1 Å². The summed E-state index contributed by atoms with van der Waals surface area (Å²) in [6.07, 6.45) is 6.26. The molecule has 0 spiro atoms. The molecule has 0 unspecified atom stereocenters. The van der Waals surface area contributed by atoms with E-state index in [1.165, 1.54) is 34.8 Å². The van der Waals surface area contributed by atoms with Crippen LogP contribution in [0.3, 0.4) is 0 Å². The van der Waals surface area contributed by atoms with Crippen LogP contribution in [0, 0.1) is 5.82 Å². The highest BCUT2D eigenvalue weighted by Gasteiger charge is 2.20. The second-order valence-electron chi connectivity index (χ2n) is 7.53. The number of halogens is 1. The molecule has 1 N–H and O–H groups in total. The van der Waals surface area contributed by atoms with Gasteiger partial charge in [-0.1, -0.05) is 13.0 Å². The van der Waals surface area contributed by atoms with Crippen LogP contribution in [0.1, 0.15) is 24.6 Å². The number of benzene rings is 1. The second kappa shape index (κ2) is 8.20. The number of imidazole rings is 1. The largest absolute Gasteiger partial charge is 0.313 e. The Morgan fingerprint density at radius 2 is 1.94 bits per heavy atom. The number of nitrogens with one attached hydrogen (secondary N) is 1. The van der Waals surface area contributed by atoms with Gasteiger partial charge >= 0.3 is 0 Å². The van der Waals surface area contributed by atoms with Crippen molar-refractivity contribution in [3.8, 4) is 11.4 Å². The third-order valence-electron chi connectivity index (χ3n) is 5.55. The molecule has 1 aliphatic rings. The molecule has 0 aliphatic carbocycles. The lowest BCUT2D eigenvalue weighted by molar-refractivity contribution is 0.628. The number of nitrogens with zero attached hydrogens (tertiary/aromatic N) is 5. The van der Waals surface area contributed by atoms with Gasteiger partial charge in [-0.25, -0.2) is 9.37 Å². The molecular weight excluding hydrogens is 411 g/mol. The summed E-state index contributed by atoms with van der Waals surface area (Å²) in [7, 11) is 1.99. The van der Waals surface area contributed by atoms with Crippen LogP contribution in [0.4, 0.5) is 15.3 Å². The van der Waals surface area contributed by atoms with Crippen molar-refractivity contribution in [3.63, 3.8) is 0 Å². The first-order valence-corrected chi connectivity index (χ1v) is 11.2. The van der Waals surface area contributed by atoms with E-state index in [4.69, 9.17) is 9.97 Å². The predicted molar refractivity (Wildman–Crippen MR) is 123 cm³/mol. The van der Waals surface area contributed by atoms with E-state index in [-0.39, 0.29) is 5.82 Å². The molecule has 0 atom stereocenters. The number of hydrogen-bond donors (Lipinski definition) is 1. The Bertz CT molecular complexity index is 1260. The zero-order valence-corrected chi connectivity index (χ0v) is 18.3. The minimum absolute atomic E-state index is 0.269. The molecule has 0 amide bonds. The molecule has 5 rings (SSSR count). The van der Waals surface area contributed by atoms with Crippen LogP contribution < -0.4 is 10.2 Å². The van der Waals surface area contributed by atoms with Gasteiger partial charge in [0.1, 0.15) is 17.3 Å². The fraction of sp³-hybridized carbons (Fsp3) is 0.261. The van der Waals surface area contributed by atoms with Crippen molar-refractivity contribution in [1.82, 2.24) is 24.1 Å². The molecule has 0 saturated carbocycles. The van der Waals surface area contributed by atoms with Gasteiger partial charge in [0.2, 0.25) is 5.13 Å². The maximum Gasteiger partial charge on any atom is 0.210 e. The highest BCUT2D eigenvalue weighted by atomic mass is 32.1. The average molecular weight is 435 g/mol. The average Bonchev–Trinajstić information content (AvgIpc) is 3.44. The van der Waals surface area contributed by atoms with E-state index < -0.39 is 0 Å². The zero-order valence-electron chi connectivity index (χ0n) is 17.5. The van der Waals surface area contributed by atoms with Gasteiger partial charge in [-0.05, 0) is 66.9 Å². The SMILES string of the molecule is CCc1nc2ccc(C3=CCNCC3)cn2c1N(C)c1nc(-c2ccc(F)cc2)ns1. The van der Waals surface area contributed by atoms with E-state index in [0.29, 0.717) is 5.82 Å². The van der Waals surface area contributed by atoms with E-state index in [2.05, 4.69) is 45.4 Å². The number of rotatable bonds is 5. The Morgan fingerprint density at radius 3 is 2.68 bits per heavy atom. The lowest BCUT2D eigenvalue weighted by Crippen LogP contribution is -2.20. The topological polar surface area (TPSA) is 58.4 Å². The molecule has 4 aromatic rings. The van der Waals surface area contributed by atoms with Gasteiger partial charge in [-0.3, -0.25) is 4.40 Å². The first kappa shape index (κ1) is 19.8. The molecular formula is C23H23FN6S. The first-order chi connectivity index (χ1) is 15.1. The van der Waals surface area contributed by atoms with Gasteiger partial charge in [0.15, 0.2) is 5.82 Å². The Kier molecular flexibility index (Phi) is 5.25. The van der Waals surface area contributed by atoms with E-state index >= 15 is 0 Å². The first-order valence-electron chi connectivity index (χ1n) is 10.4. The van der Waals surface area contributed by atoms with Crippen molar-refractivity contribution in [3.05, 3.63) is 65.7 Å². The van der Waals surface area contributed by atoms with Gasteiger partial charge in [-0.15, -0.1) is 0 Å². The van der Waals surface area contributed by atoms with Crippen molar-refractivity contribution in [1.29, 1.82) is 0 Å². The van der Waals surface area contributed by atoms with Gasteiger partial charge in [0.25, 0.3) is 0 Å². The maximum absolute atomic E-state index is 13.3. The molecule has 0 radical (unpaired) electrons. The molecule has 158 valence electrons. The lowest BCUT2D eigenvalue weighted by Gasteiger charge is -2.18. The van der Waals surface area contributed by atoms with Crippen molar-refractivity contribution in [2.45, 2.75) is 19.8 Å². The molecule has 0 bridgehead atoms. The van der Waals surface area contributed by atoms with E-state index in [0.717, 1.165) is 53.8 Å². The van der Waals surface area contributed by atoms with E-state index in [9.17, 15) is 4.39 Å². The summed E-state index contributed by atoms with van der Waals surface area (Å²) in [5.74, 6) is 1.32. The molecule has 3 aromatic heterocycles.